The van der Waals surface area contributed by atoms with Crippen LogP contribution in [0.2, 0.25) is 0 Å². The van der Waals surface area contributed by atoms with E-state index in [0.29, 0.717) is 5.92 Å². The zero-order chi connectivity index (χ0) is 10.7. The van der Waals surface area contributed by atoms with Crippen LogP contribution in [0.5, 0.6) is 0 Å². The summed E-state index contributed by atoms with van der Waals surface area (Å²) in [7, 11) is 0. The van der Waals surface area contributed by atoms with Crippen LogP contribution < -0.4 is 0 Å². The van der Waals surface area contributed by atoms with Gasteiger partial charge >= 0.3 is 0 Å². The van der Waals surface area contributed by atoms with Gasteiger partial charge in [0.2, 0.25) is 0 Å². The predicted octanol–water partition coefficient (Wildman–Crippen LogP) is 1.13. The zero-order valence-electron chi connectivity index (χ0n) is 8.96. The highest BCUT2D eigenvalue weighted by Gasteiger charge is 2.23. The van der Waals surface area contributed by atoms with E-state index >= 15 is 0 Å². The molecule has 0 aromatic carbocycles. The maximum atomic E-state index is 9.57. The molecular formula is C10H17N3OS. The molecule has 0 aliphatic carbocycles. The van der Waals surface area contributed by atoms with Gasteiger partial charge in [-0.25, -0.2) is 0 Å². The molecule has 0 spiro atoms. The molecule has 1 aliphatic rings. The third kappa shape index (κ3) is 2.96. The molecule has 1 aliphatic heterocycles. The number of aliphatic hydroxyl groups is 1. The van der Waals surface area contributed by atoms with E-state index < -0.39 is 0 Å². The third-order valence-electron chi connectivity index (χ3n) is 3.01. The summed E-state index contributed by atoms with van der Waals surface area (Å²) in [6.45, 7) is 4.86. The Labute approximate surface area is 94.1 Å². The Balaban J connectivity index is 1.88. The molecule has 4 nitrogen and oxygen atoms in total. The summed E-state index contributed by atoms with van der Waals surface area (Å²) in [5.74, 6) is 0.422. The molecule has 2 unspecified atom stereocenters. The van der Waals surface area contributed by atoms with E-state index in [4.69, 9.17) is 0 Å². The van der Waals surface area contributed by atoms with Gasteiger partial charge in [0.1, 0.15) is 0 Å². The largest absolute Gasteiger partial charge is 0.393 e. The number of hydrogen-bond acceptors (Lipinski definition) is 5. The van der Waals surface area contributed by atoms with Crippen LogP contribution in [0.15, 0.2) is 5.38 Å². The Morgan fingerprint density at radius 2 is 2.60 bits per heavy atom. The van der Waals surface area contributed by atoms with Crippen molar-refractivity contribution >= 4 is 11.5 Å². The van der Waals surface area contributed by atoms with Gasteiger partial charge in [-0.15, -0.1) is 5.10 Å². The molecule has 0 saturated carbocycles. The Kier molecular flexibility index (Phi) is 3.66. The van der Waals surface area contributed by atoms with Crippen molar-refractivity contribution in [1.29, 1.82) is 0 Å². The summed E-state index contributed by atoms with van der Waals surface area (Å²) in [5.41, 5.74) is 1.05. The second-order valence-corrected chi connectivity index (χ2v) is 4.88. The summed E-state index contributed by atoms with van der Waals surface area (Å²) in [4.78, 5) is 2.36. The maximum Gasteiger partial charge on any atom is 0.0895 e. The molecular weight excluding hydrogens is 210 g/mol. The minimum absolute atomic E-state index is 0.193. The van der Waals surface area contributed by atoms with Gasteiger partial charge in [-0.2, -0.15) is 0 Å². The first-order valence-corrected chi connectivity index (χ1v) is 6.25. The van der Waals surface area contributed by atoms with Crippen LogP contribution in [0.25, 0.3) is 0 Å². The first kappa shape index (κ1) is 11.0. The number of hydrogen-bond donors (Lipinski definition) is 1. The van der Waals surface area contributed by atoms with E-state index in [-0.39, 0.29) is 6.10 Å². The lowest BCUT2D eigenvalue weighted by molar-refractivity contribution is 0.0594. The first-order chi connectivity index (χ1) is 7.25. The van der Waals surface area contributed by atoms with Crippen molar-refractivity contribution in [3.8, 4) is 0 Å². The van der Waals surface area contributed by atoms with Gasteiger partial charge in [0, 0.05) is 18.5 Å². The molecule has 2 atom stereocenters. The Morgan fingerprint density at radius 1 is 1.73 bits per heavy atom. The average Bonchev–Trinajstić information content (AvgIpc) is 2.71. The first-order valence-electron chi connectivity index (χ1n) is 5.42. The van der Waals surface area contributed by atoms with Crippen molar-refractivity contribution < 1.29 is 5.11 Å². The van der Waals surface area contributed by atoms with Crippen molar-refractivity contribution in [3.63, 3.8) is 0 Å². The molecule has 0 radical (unpaired) electrons. The summed E-state index contributed by atoms with van der Waals surface area (Å²) in [5, 5.41) is 15.6. The van der Waals surface area contributed by atoms with Gasteiger partial charge < -0.3 is 5.11 Å². The number of likely N-dealkylation sites (tertiary alicyclic amines) is 1. The predicted molar refractivity (Wildman–Crippen MR) is 59.6 cm³/mol. The minimum Gasteiger partial charge on any atom is -0.393 e. The highest BCUT2D eigenvalue weighted by molar-refractivity contribution is 7.03. The molecule has 1 aromatic heterocycles. The summed E-state index contributed by atoms with van der Waals surface area (Å²) in [6, 6.07) is 0. The second kappa shape index (κ2) is 5.01. The van der Waals surface area contributed by atoms with Crippen LogP contribution in [0.4, 0.5) is 0 Å². The number of piperidine rings is 1. The van der Waals surface area contributed by atoms with Gasteiger partial charge in [-0.3, -0.25) is 4.90 Å². The summed E-state index contributed by atoms with van der Waals surface area (Å²) < 4.78 is 3.86. The molecule has 1 saturated heterocycles. The lowest BCUT2D eigenvalue weighted by Crippen LogP contribution is -2.39. The van der Waals surface area contributed by atoms with Crippen LogP contribution in [0.1, 0.15) is 25.5 Å². The van der Waals surface area contributed by atoms with Crippen LogP contribution >= 0.6 is 11.5 Å². The molecule has 1 fully saturated rings. The Morgan fingerprint density at radius 3 is 3.27 bits per heavy atom. The average molecular weight is 227 g/mol. The van der Waals surface area contributed by atoms with Crippen LogP contribution in [-0.4, -0.2) is 38.8 Å². The SMILES string of the molecule is CC(O)C1CCCN(Cc2csnn2)C1. The van der Waals surface area contributed by atoms with Gasteiger partial charge in [0.05, 0.1) is 11.8 Å². The standard InChI is InChI=1S/C10H17N3OS/c1-8(14)9-3-2-4-13(5-9)6-10-7-15-12-11-10/h7-9,14H,2-6H2,1H3. The molecule has 0 bridgehead atoms. The van der Waals surface area contributed by atoms with E-state index in [2.05, 4.69) is 14.5 Å². The second-order valence-electron chi connectivity index (χ2n) is 4.27. The van der Waals surface area contributed by atoms with Gasteiger partial charge in [-0.1, -0.05) is 4.49 Å². The van der Waals surface area contributed by atoms with Crippen molar-refractivity contribution in [2.24, 2.45) is 5.92 Å². The van der Waals surface area contributed by atoms with Crippen molar-refractivity contribution in [2.45, 2.75) is 32.4 Å². The van der Waals surface area contributed by atoms with Crippen LogP contribution in [-0.2, 0) is 6.54 Å². The fraction of sp³-hybridized carbons (Fsp3) is 0.800. The minimum atomic E-state index is -0.193. The third-order valence-corrected chi connectivity index (χ3v) is 3.57. The molecule has 1 aromatic rings. The molecule has 15 heavy (non-hydrogen) atoms. The van der Waals surface area contributed by atoms with E-state index in [1.807, 2.05) is 12.3 Å². The monoisotopic (exact) mass is 227 g/mol. The Hall–Kier alpha value is -0.520. The number of rotatable bonds is 3. The highest BCUT2D eigenvalue weighted by atomic mass is 32.1. The molecule has 5 heteroatoms. The summed E-state index contributed by atoms with van der Waals surface area (Å²) >= 11 is 1.40. The normalized spacial score (nSPS) is 25.3. The van der Waals surface area contributed by atoms with Crippen LogP contribution in [0.3, 0.4) is 0 Å². The molecule has 0 amide bonds. The summed E-state index contributed by atoms with van der Waals surface area (Å²) in [6.07, 6.45) is 2.12. The fourth-order valence-corrected chi connectivity index (χ4v) is 2.55. The Bertz CT molecular complexity index is 289. The van der Waals surface area contributed by atoms with Crippen LogP contribution in [0, 0.1) is 5.92 Å². The smallest absolute Gasteiger partial charge is 0.0895 e. The number of aliphatic hydroxyl groups excluding tert-OH is 1. The van der Waals surface area contributed by atoms with E-state index in [1.165, 1.54) is 18.0 Å². The van der Waals surface area contributed by atoms with Crippen molar-refractivity contribution in [2.75, 3.05) is 13.1 Å². The molecule has 2 heterocycles. The van der Waals surface area contributed by atoms with Gasteiger partial charge in [0.25, 0.3) is 0 Å². The fourth-order valence-electron chi connectivity index (χ4n) is 2.11. The number of nitrogens with zero attached hydrogens (tertiary/aromatic N) is 3. The molecule has 84 valence electrons. The number of aromatic nitrogens is 2. The molecule has 2 rings (SSSR count). The quantitative estimate of drug-likeness (QED) is 0.841. The lowest BCUT2D eigenvalue weighted by Gasteiger charge is -2.33. The van der Waals surface area contributed by atoms with E-state index in [1.54, 1.807) is 0 Å². The van der Waals surface area contributed by atoms with E-state index in [9.17, 15) is 5.11 Å². The van der Waals surface area contributed by atoms with Gasteiger partial charge in [0.15, 0.2) is 0 Å². The van der Waals surface area contributed by atoms with Gasteiger partial charge in [-0.05, 0) is 43.8 Å². The highest BCUT2D eigenvalue weighted by Crippen LogP contribution is 2.20. The molecule has 1 N–H and O–H groups in total. The zero-order valence-corrected chi connectivity index (χ0v) is 9.78. The lowest BCUT2D eigenvalue weighted by atomic mass is 9.93. The van der Waals surface area contributed by atoms with Crippen molar-refractivity contribution in [1.82, 2.24) is 14.5 Å². The van der Waals surface area contributed by atoms with E-state index in [0.717, 1.165) is 31.7 Å². The maximum absolute atomic E-state index is 9.57. The van der Waals surface area contributed by atoms with Crippen molar-refractivity contribution in [3.05, 3.63) is 11.1 Å². The topological polar surface area (TPSA) is 49.2 Å².